The number of piperidine rings is 1. The number of benzene rings is 3. The fourth-order valence-corrected chi connectivity index (χ4v) is 5.18. The molecule has 35 heavy (non-hydrogen) atoms. The van der Waals surface area contributed by atoms with Crippen LogP contribution in [0.2, 0.25) is 5.02 Å². The minimum atomic E-state index is -0.323. The Labute approximate surface area is 210 Å². The smallest absolute Gasteiger partial charge is 0.311 e. The van der Waals surface area contributed by atoms with Crippen LogP contribution >= 0.6 is 11.6 Å². The van der Waals surface area contributed by atoms with Gasteiger partial charge < -0.3 is 4.90 Å². The van der Waals surface area contributed by atoms with Crippen LogP contribution in [0.3, 0.4) is 0 Å². The second-order valence-corrected chi connectivity index (χ2v) is 9.59. The largest absolute Gasteiger partial charge is 0.343 e. The van der Waals surface area contributed by atoms with E-state index in [9.17, 15) is 4.79 Å². The number of carbonyl (C=O) groups excluding carboxylic acids is 1. The third-order valence-corrected chi connectivity index (χ3v) is 7.27. The standard InChI is InChI=1S/C28H28ClN5O/c29-25-14-11-23(12-15-25)21-34-27(30-31-32-34)28(24-9-5-2-6-10-24)17-19-33(20-18-28)26(35)16-13-22-7-3-1-4-8-22/h1-12,14-15H,13,16-21H2/p+1. The van der Waals surface area contributed by atoms with Crippen LogP contribution in [0.25, 0.3) is 0 Å². The zero-order chi connectivity index (χ0) is 24.1. The molecule has 0 bridgehead atoms. The van der Waals surface area contributed by atoms with Crippen LogP contribution in [-0.4, -0.2) is 39.4 Å². The molecule has 0 atom stereocenters. The van der Waals surface area contributed by atoms with Gasteiger partial charge in [0.2, 0.25) is 5.91 Å². The number of aryl methyl sites for hydroxylation is 1. The molecule has 6 nitrogen and oxygen atoms in total. The highest BCUT2D eigenvalue weighted by atomic mass is 35.5. The maximum atomic E-state index is 13.0. The van der Waals surface area contributed by atoms with Crippen LogP contribution in [0.1, 0.15) is 41.8 Å². The highest BCUT2D eigenvalue weighted by molar-refractivity contribution is 6.30. The summed E-state index contributed by atoms with van der Waals surface area (Å²) in [5.74, 6) is 1.11. The van der Waals surface area contributed by atoms with E-state index in [-0.39, 0.29) is 11.3 Å². The van der Waals surface area contributed by atoms with Gasteiger partial charge in [-0.3, -0.25) is 4.79 Å². The monoisotopic (exact) mass is 486 g/mol. The van der Waals surface area contributed by atoms with Gasteiger partial charge in [0.05, 0.1) is 5.41 Å². The first-order valence-electron chi connectivity index (χ1n) is 12.1. The van der Waals surface area contributed by atoms with Crippen LogP contribution < -0.4 is 4.68 Å². The third kappa shape index (κ3) is 5.13. The Balaban J connectivity index is 1.36. The molecule has 1 fully saturated rings. The summed E-state index contributed by atoms with van der Waals surface area (Å²) in [6.45, 7) is 2.00. The zero-order valence-corrected chi connectivity index (χ0v) is 20.4. The van der Waals surface area contributed by atoms with Gasteiger partial charge in [0.1, 0.15) is 11.6 Å². The van der Waals surface area contributed by atoms with Crippen molar-refractivity contribution in [3.05, 3.63) is 112 Å². The summed E-state index contributed by atoms with van der Waals surface area (Å²) in [7, 11) is 0. The molecule has 4 aromatic rings. The Morgan fingerprint density at radius 3 is 2.26 bits per heavy atom. The summed E-state index contributed by atoms with van der Waals surface area (Å²) in [6, 6.07) is 28.5. The lowest BCUT2D eigenvalue weighted by Crippen LogP contribution is -2.53. The lowest BCUT2D eigenvalue weighted by Gasteiger charge is -2.39. The number of H-pyrrole nitrogens is 1. The number of amides is 1. The molecule has 0 aliphatic carbocycles. The van der Waals surface area contributed by atoms with Crippen molar-refractivity contribution >= 4 is 17.5 Å². The highest BCUT2D eigenvalue weighted by Crippen LogP contribution is 2.39. The molecule has 1 aromatic heterocycles. The van der Waals surface area contributed by atoms with E-state index in [1.165, 1.54) is 11.1 Å². The van der Waals surface area contributed by atoms with Crippen LogP contribution in [0.5, 0.6) is 0 Å². The minimum absolute atomic E-state index is 0.213. The molecule has 0 radical (unpaired) electrons. The summed E-state index contributed by atoms with van der Waals surface area (Å²) in [5, 5.41) is 12.5. The van der Waals surface area contributed by atoms with E-state index in [4.69, 9.17) is 11.6 Å². The quantitative estimate of drug-likeness (QED) is 0.395. The zero-order valence-electron chi connectivity index (χ0n) is 19.6. The van der Waals surface area contributed by atoms with E-state index < -0.39 is 0 Å². The second-order valence-electron chi connectivity index (χ2n) is 9.15. The average Bonchev–Trinajstić information content (AvgIpc) is 3.38. The van der Waals surface area contributed by atoms with E-state index in [1.807, 2.05) is 58.1 Å². The number of nitrogens with zero attached hydrogens (tertiary/aromatic N) is 4. The van der Waals surface area contributed by atoms with E-state index in [0.29, 0.717) is 31.1 Å². The number of hydrogen-bond acceptors (Lipinski definition) is 3. The first-order valence-corrected chi connectivity index (χ1v) is 12.4. The lowest BCUT2D eigenvalue weighted by molar-refractivity contribution is -0.756. The summed E-state index contributed by atoms with van der Waals surface area (Å²) in [5.41, 5.74) is 3.19. The Bertz CT molecular complexity index is 1250. The number of halogens is 1. The van der Waals surface area contributed by atoms with E-state index in [1.54, 1.807) is 0 Å². The summed E-state index contributed by atoms with van der Waals surface area (Å²) in [6.07, 6.45) is 2.88. The van der Waals surface area contributed by atoms with Gasteiger partial charge >= 0.3 is 5.82 Å². The minimum Gasteiger partial charge on any atom is -0.343 e. The second kappa shape index (κ2) is 10.4. The Kier molecular flexibility index (Phi) is 6.91. The molecule has 1 N–H and O–H groups in total. The van der Waals surface area contributed by atoms with Crippen molar-refractivity contribution in [3.8, 4) is 0 Å². The van der Waals surface area contributed by atoms with Crippen molar-refractivity contribution in [2.24, 2.45) is 0 Å². The average molecular weight is 487 g/mol. The number of likely N-dealkylation sites (tertiary alicyclic amines) is 1. The van der Waals surface area contributed by atoms with Crippen LogP contribution in [0.15, 0.2) is 84.9 Å². The normalized spacial score (nSPS) is 15.2. The van der Waals surface area contributed by atoms with Crippen molar-refractivity contribution in [2.75, 3.05) is 13.1 Å². The molecule has 178 valence electrons. The molecule has 2 heterocycles. The number of hydrogen-bond donors (Lipinski definition) is 1. The van der Waals surface area contributed by atoms with Crippen LogP contribution in [0, 0.1) is 0 Å². The van der Waals surface area contributed by atoms with Gasteiger partial charge in [0.25, 0.3) is 0 Å². The Morgan fingerprint density at radius 1 is 0.914 bits per heavy atom. The summed E-state index contributed by atoms with van der Waals surface area (Å²) >= 11 is 6.07. The Hall–Kier alpha value is -3.51. The van der Waals surface area contributed by atoms with E-state index in [0.717, 1.165) is 30.7 Å². The SMILES string of the molecule is O=C(CCc1ccccc1)N1CCC(c2ccccc2)(c2nn[nH][n+]2Cc2ccc(Cl)cc2)CC1. The molecule has 0 spiro atoms. The number of carbonyl (C=O) groups is 1. The summed E-state index contributed by atoms with van der Waals surface area (Å²) < 4.78 is 2.02. The first kappa shape index (κ1) is 23.2. The highest BCUT2D eigenvalue weighted by Gasteiger charge is 2.47. The van der Waals surface area contributed by atoms with E-state index in [2.05, 4.69) is 51.9 Å². The van der Waals surface area contributed by atoms with Gasteiger partial charge in [0.15, 0.2) is 5.21 Å². The summed E-state index contributed by atoms with van der Waals surface area (Å²) in [4.78, 5) is 15.0. The van der Waals surface area contributed by atoms with Gasteiger partial charge in [0, 0.05) is 24.5 Å². The molecular weight excluding hydrogens is 458 g/mol. The predicted octanol–water partition coefficient (Wildman–Crippen LogP) is 4.34. The third-order valence-electron chi connectivity index (χ3n) is 7.01. The van der Waals surface area contributed by atoms with Gasteiger partial charge in [-0.15, -0.1) is 0 Å². The topological polar surface area (TPSA) is 65.8 Å². The maximum Gasteiger partial charge on any atom is 0.311 e. The van der Waals surface area contributed by atoms with Crippen molar-refractivity contribution in [3.63, 3.8) is 0 Å². The fourth-order valence-electron chi connectivity index (χ4n) is 5.05. The fraction of sp³-hybridized carbons (Fsp3) is 0.286. The van der Waals surface area contributed by atoms with Crippen LogP contribution in [-0.2, 0) is 23.2 Å². The van der Waals surface area contributed by atoms with E-state index >= 15 is 0 Å². The van der Waals surface area contributed by atoms with Crippen molar-refractivity contribution < 1.29 is 9.48 Å². The number of tetrazole rings is 1. The molecule has 5 rings (SSSR count). The van der Waals surface area contributed by atoms with Crippen molar-refractivity contribution in [1.82, 2.24) is 20.4 Å². The van der Waals surface area contributed by atoms with Crippen molar-refractivity contribution in [2.45, 2.75) is 37.6 Å². The molecule has 3 aromatic carbocycles. The molecule has 1 aliphatic heterocycles. The predicted molar refractivity (Wildman–Crippen MR) is 135 cm³/mol. The number of aromatic amines is 1. The van der Waals surface area contributed by atoms with Gasteiger partial charge in [-0.05, 0) is 48.1 Å². The van der Waals surface area contributed by atoms with Gasteiger partial charge in [-0.1, -0.05) is 89.6 Å². The molecule has 0 saturated carbocycles. The van der Waals surface area contributed by atoms with Gasteiger partial charge in [-0.2, -0.15) is 4.68 Å². The lowest BCUT2D eigenvalue weighted by atomic mass is 9.72. The molecule has 1 saturated heterocycles. The van der Waals surface area contributed by atoms with Gasteiger partial charge in [-0.25, -0.2) is 0 Å². The molecule has 0 unspecified atom stereocenters. The molecule has 1 aliphatic rings. The van der Waals surface area contributed by atoms with Crippen LogP contribution in [0.4, 0.5) is 0 Å². The number of aromatic nitrogens is 4. The first-order chi connectivity index (χ1) is 17.1. The molecule has 1 amide bonds. The maximum absolute atomic E-state index is 13.0. The molecular formula is C28H29ClN5O+. The number of rotatable bonds is 7. The number of nitrogens with one attached hydrogen (secondary N) is 1. The van der Waals surface area contributed by atoms with Crippen molar-refractivity contribution in [1.29, 1.82) is 0 Å². The molecule has 7 heteroatoms. The Morgan fingerprint density at radius 2 is 1.57 bits per heavy atom.